The Kier molecular flexibility index (Phi) is 4.39. The standard InChI is InChI=1S/C18H20N6O/c25-18(16-7-6-15-17(20-16)22-23-21-15)19-10-14-8-9-24(12-14)11-13-4-2-1-3-5-13/h1-7,14H,8-12H2,(H,19,25)(H,20,21,22,23). The number of rotatable bonds is 5. The molecule has 1 atom stereocenters. The van der Waals surface area contributed by atoms with E-state index in [4.69, 9.17) is 0 Å². The van der Waals surface area contributed by atoms with Crippen molar-refractivity contribution in [3.05, 3.63) is 53.7 Å². The predicted octanol–water partition coefficient (Wildman–Crippen LogP) is 1.60. The summed E-state index contributed by atoms with van der Waals surface area (Å²) in [7, 11) is 0. The molecule has 1 aliphatic rings. The molecular formula is C18H20N6O. The zero-order valence-corrected chi connectivity index (χ0v) is 13.9. The number of amides is 1. The van der Waals surface area contributed by atoms with Crippen LogP contribution in [-0.4, -0.2) is 50.8 Å². The highest BCUT2D eigenvalue weighted by molar-refractivity contribution is 5.93. The number of nitrogens with one attached hydrogen (secondary N) is 2. The Morgan fingerprint density at radius 1 is 1.20 bits per heavy atom. The molecule has 0 bridgehead atoms. The molecule has 0 radical (unpaired) electrons. The third-order valence-corrected chi connectivity index (χ3v) is 4.58. The second kappa shape index (κ2) is 6.98. The Morgan fingerprint density at radius 3 is 2.96 bits per heavy atom. The van der Waals surface area contributed by atoms with E-state index in [-0.39, 0.29) is 5.91 Å². The van der Waals surface area contributed by atoms with E-state index in [9.17, 15) is 4.79 Å². The van der Waals surface area contributed by atoms with Gasteiger partial charge in [0.1, 0.15) is 11.2 Å². The number of aromatic amines is 1. The Bertz CT molecular complexity index is 862. The normalized spacial score (nSPS) is 17.8. The molecule has 4 rings (SSSR count). The van der Waals surface area contributed by atoms with Crippen LogP contribution >= 0.6 is 0 Å². The minimum atomic E-state index is -0.161. The van der Waals surface area contributed by atoms with Crippen LogP contribution < -0.4 is 5.32 Å². The molecule has 3 aromatic rings. The molecule has 2 aromatic heterocycles. The lowest BCUT2D eigenvalue weighted by atomic mass is 10.1. The summed E-state index contributed by atoms with van der Waals surface area (Å²) in [4.78, 5) is 19.0. The average molecular weight is 336 g/mol. The van der Waals surface area contributed by atoms with Crippen molar-refractivity contribution in [1.82, 2.24) is 30.6 Å². The minimum absolute atomic E-state index is 0.161. The summed E-state index contributed by atoms with van der Waals surface area (Å²) in [6, 6.07) is 13.9. The van der Waals surface area contributed by atoms with Gasteiger partial charge in [0.05, 0.1) is 0 Å². The first kappa shape index (κ1) is 15.7. The second-order valence-corrected chi connectivity index (χ2v) is 6.45. The topological polar surface area (TPSA) is 86.8 Å². The molecule has 1 fully saturated rings. The fourth-order valence-corrected chi connectivity index (χ4v) is 3.26. The number of hydrogen-bond acceptors (Lipinski definition) is 5. The van der Waals surface area contributed by atoms with Gasteiger partial charge >= 0.3 is 0 Å². The van der Waals surface area contributed by atoms with Gasteiger partial charge < -0.3 is 5.32 Å². The Labute approximate surface area is 145 Å². The SMILES string of the molecule is O=C(NCC1CCN(Cc2ccccc2)C1)c1ccc2n[nH]nc2n1. The number of carbonyl (C=O) groups excluding carboxylic acids is 1. The maximum Gasteiger partial charge on any atom is 0.269 e. The highest BCUT2D eigenvalue weighted by atomic mass is 16.1. The van der Waals surface area contributed by atoms with Gasteiger partial charge in [-0.3, -0.25) is 9.69 Å². The van der Waals surface area contributed by atoms with E-state index in [1.807, 2.05) is 6.07 Å². The van der Waals surface area contributed by atoms with Crippen LogP contribution in [0.3, 0.4) is 0 Å². The molecule has 25 heavy (non-hydrogen) atoms. The van der Waals surface area contributed by atoms with Crippen LogP contribution in [0.15, 0.2) is 42.5 Å². The molecule has 3 heterocycles. The molecule has 1 amide bonds. The highest BCUT2D eigenvalue weighted by Crippen LogP contribution is 2.18. The van der Waals surface area contributed by atoms with Crippen molar-refractivity contribution in [2.24, 2.45) is 5.92 Å². The Morgan fingerprint density at radius 2 is 2.08 bits per heavy atom. The summed E-state index contributed by atoms with van der Waals surface area (Å²) in [5, 5.41) is 13.4. The number of likely N-dealkylation sites (tertiary alicyclic amines) is 1. The summed E-state index contributed by atoms with van der Waals surface area (Å²) in [6.07, 6.45) is 1.10. The average Bonchev–Trinajstić information content (AvgIpc) is 3.29. The number of hydrogen-bond donors (Lipinski definition) is 2. The van der Waals surface area contributed by atoms with Crippen LogP contribution in [0.5, 0.6) is 0 Å². The summed E-state index contributed by atoms with van der Waals surface area (Å²) in [5.74, 6) is 0.315. The quantitative estimate of drug-likeness (QED) is 0.739. The number of aromatic nitrogens is 4. The van der Waals surface area contributed by atoms with Gasteiger partial charge in [0, 0.05) is 19.6 Å². The lowest BCUT2D eigenvalue weighted by Crippen LogP contribution is -2.31. The molecule has 2 N–H and O–H groups in total. The van der Waals surface area contributed by atoms with E-state index >= 15 is 0 Å². The molecular weight excluding hydrogens is 316 g/mol. The molecule has 0 saturated carbocycles. The number of fused-ring (bicyclic) bond motifs is 1. The highest BCUT2D eigenvalue weighted by Gasteiger charge is 2.23. The first-order valence-electron chi connectivity index (χ1n) is 8.50. The fourth-order valence-electron chi connectivity index (χ4n) is 3.26. The second-order valence-electron chi connectivity index (χ2n) is 6.45. The van der Waals surface area contributed by atoms with Gasteiger partial charge in [-0.25, -0.2) is 4.98 Å². The molecule has 7 heteroatoms. The van der Waals surface area contributed by atoms with Gasteiger partial charge in [-0.1, -0.05) is 30.3 Å². The van der Waals surface area contributed by atoms with Gasteiger partial charge in [0.25, 0.3) is 5.91 Å². The van der Waals surface area contributed by atoms with E-state index in [0.717, 1.165) is 26.1 Å². The molecule has 128 valence electrons. The number of H-pyrrole nitrogens is 1. The van der Waals surface area contributed by atoms with Gasteiger partial charge in [-0.15, -0.1) is 5.10 Å². The zero-order valence-electron chi connectivity index (χ0n) is 13.9. The van der Waals surface area contributed by atoms with Crippen molar-refractivity contribution in [3.63, 3.8) is 0 Å². The van der Waals surface area contributed by atoms with Crippen LogP contribution in [0.4, 0.5) is 0 Å². The molecule has 1 aliphatic heterocycles. The largest absolute Gasteiger partial charge is 0.350 e. The van der Waals surface area contributed by atoms with Crippen molar-refractivity contribution in [2.45, 2.75) is 13.0 Å². The zero-order chi connectivity index (χ0) is 17.1. The molecule has 1 aromatic carbocycles. The lowest BCUT2D eigenvalue weighted by Gasteiger charge is -2.16. The predicted molar refractivity (Wildman–Crippen MR) is 93.8 cm³/mol. The smallest absolute Gasteiger partial charge is 0.269 e. The van der Waals surface area contributed by atoms with Crippen molar-refractivity contribution >= 4 is 17.1 Å². The maximum atomic E-state index is 12.3. The van der Waals surface area contributed by atoms with E-state index in [0.29, 0.717) is 29.3 Å². The molecule has 0 aliphatic carbocycles. The van der Waals surface area contributed by atoms with Crippen molar-refractivity contribution in [2.75, 3.05) is 19.6 Å². The maximum absolute atomic E-state index is 12.3. The number of benzene rings is 1. The van der Waals surface area contributed by atoms with Gasteiger partial charge in [-0.2, -0.15) is 10.3 Å². The fraction of sp³-hybridized carbons (Fsp3) is 0.333. The van der Waals surface area contributed by atoms with E-state index in [1.54, 1.807) is 12.1 Å². The van der Waals surface area contributed by atoms with Crippen LogP contribution in [0.2, 0.25) is 0 Å². The van der Waals surface area contributed by atoms with Gasteiger partial charge in [0.15, 0.2) is 0 Å². The Hall–Kier alpha value is -2.80. The van der Waals surface area contributed by atoms with Gasteiger partial charge in [0.2, 0.25) is 5.65 Å². The first-order chi connectivity index (χ1) is 12.3. The van der Waals surface area contributed by atoms with Crippen LogP contribution in [-0.2, 0) is 6.54 Å². The summed E-state index contributed by atoms with van der Waals surface area (Å²) < 4.78 is 0. The van der Waals surface area contributed by atoms with Crippen molar-refractivity contribution in [1.29, 1.82) is 0 Å². The lowest BCUT2D eigenvalue weighted by molar-refractivity contribution is 0.0942. The third-order valence-electron chi connectivity index (χ3n) is 4.58. The first-order valence-corrected chi connectivity index (χ1v) is 8.50. The van der Waals surface area contributed by atoms with E-state index in [2.05, 4.69) is 54.9 Å². The monoisotopic (exact) mass is 336 g/mol. The minimum Gasteiger partial charge on any atom is -0.350 e. The van der Waals surface area contributed by atoms with Crippen LogP contribution in [0, 0.1) is 5.92 Å². The molecule has 7 nitrogen and oxygen atoms in total. The number of carbonyl (C=O) groups is 1. The number of pyridine rings is 1. The Balaban J connectivity index is 1.29. The van der Waals surface area contributed by atoms with E-state index < -0.39 is 0 Å². The van der Waals surface area contributed by atoms with Gasteiger partial charge in [-0.05, 0) is 36.6 Å². The van der Waals surface area contributed by atoms with Crippen LogP contribution in [0.25, 0.3) is 11.2 Å². The molecule has 1 saturated heterocycles. The summed E-state index contributed by atoms with van der Waals surface area (Å²) in [6.45, 7) is 3.71. The molecule has 0 spiro atoms. The van der Waals surface area contributed by atoms with E-state index in [1.165, 1.54) is 5.56 Å². The summed E-state index contributed by atoms with van der Waals surface area (Å²) in [5.41, 5.74) is 2.82. The summed E-state index contributed by atoms with van der Waals surface area (Å²) >= 11 is 0. The molecule has 1 unspecified atom stereocenters. The van der Waals surface area contributed by atoms with Crippen LogP contribution in [0.1, 0.15) is 22.5 Å². The van der Waals surface area contributed by atoms with Crippen molar-refractivity contribution in [3.8, 4) is 0 Å². The van der Waals surface area contributed by atoms with Crippen molar-refractivity contribution < 1.29 is 4.79 Å². The number of nitrogens with zero attached hydrogens (tertiary/aromatic N) is 4. The third kappa shape index (κ3) is 3.66.